The van der Waals surface area contributed by atoms with Crippen LogP contribution in [0.1, 0.15) is 59.8 Å². The van der Waals surface area contributed by atoms with Crippen molar-refractivity contribution >= 4 is 14.0 Å². The molecular formula is C17H35NOSi. The van der Waals surface area contributed by atoms with Crippen LogP contribution in [0.25, 0.3) is 0 Å². The van der Waals surface area contributed by atoms with Gasteiger partial charge in [-0.3, -0.25) is 4.99 Å². The van der Waals surface area contributed by atoms with E-state index in [4.69, 9.17) is 9.42 Å². The third kappa shape index (κ3) is 6.09. The van der Waals surface area contributed by atoms with E-state index in [0.717, 1.165) is 12.5 Å². The second kappa shape index (κ2) is 7.21. The highest BCUT2D eigenvalue weighted by Crippen LogP contribution is 2.29. The summed E-state index contributed by atoms with van der Waals surface area (Å²) in [5.74, 6) is 0.723. The number of hydrogen-bond acceptors (Lipinski definition) is 2. The second-order valence-electron chi connectivity index (χ2n) is 8.28. The van der Waals surface area contributed by atoms with Crippen LogP contribution < -0.4 is 0 Å². The predicted octanol–water partition coefficient (Wildman–Crippen LogP) is 5.29. The van der Waals surface area contributed by atoms with Gasteiger partial charge in [0.15, 0.2) is 8.32 Å². The molecule has 0 aromatic rings. The summed E-state index contributed by atoms with van der Waals surface area (Å²) in [7, 11) is -1.46. The minimum Gasteiger partial charge on any atom is -0.415 e. The van der Waals surface area contributed by atoms with E-state index in [1.807, 2.05) is 0 Å². The zero-order valence-electron chi connectivity index (χ0n) is 14.8. The first-order valence-electron chi connectivity index (χ1n) is 8.34. The predicted molar refractivity (Wildman–Crippen MR) is 92.2 cm³/mol. The fourth-order valence-electron chi connectivity index (χ4n) is 2.69. The lowest BCUT2D eigenvalue weighted by Gasteiger charge is -2.33. The summed E-state index contributed by atoms with van der Waals surface area (Å²) in [6, 6.07) is 0.302. The van der Waals surface area contributed by atoms with E-state index in [1.54, 1.807) is 0 Å². The minimum absolute atomic E-state index is 0.183. The van der Waals surface area contributed by atoms with Gasteiger partial charge in [0.25, 0.3) is 0 Å². The van der Waals surface area contributed by atoms with Gasteiger partial charge in [0.1, 0.15) is 0 Å². The summed E-state index contributed by atoms with van der Waals surface area (Å²) in [4.78, 5) is 5.18. The Morgan fingerprint density at radius 3 is 2.40 bits per heavy atom. The Labute approximate surface area is 127 Å². The number of nitrogens with zero attached hydrogens (tertiary/aromatic N) is 1. The lowest BCUT2D eigenvalue weighted by atomic mass is 9.83. The van der Waals surface area contributed by atoms with Crippen molar-refractivity contribution in [2.45, 2.75) is 85.5 Å². The van der Waals surface area contributed by atoms with Crippen LogP contribution in [0.3, 0.4) is 0 Å². The van der Waals surface area contributed by atoms with Crippen LogP contribution >= 0.6 is 0 Å². The van der Waals surface area contributed by atoms with E-state index in [2.05, 4.69) is 47.3 Å². The molecule has 0 unspecified atom stereocenters. The van der Waals surface area contributed by atoms with Gasteiger partial charge in [-0.2, -0.15) is 0 Å². The summed E-state index contributed by atoms with van der Waals surface area (Å²) in [6.07, 6.45) is 6.48. The molecule has 1 aliphatic carbocycles. The summed E-state index contributed by atoms with van der Waals surface area (Å²) in [6.45, 7) is 16.7. The molecule has 1 aliphatic rings. The van der Waals surface area contributed by atoms with E-state index >= 15 is 0 Å². The van der Waals surface area contributed by atoms with Crippen molar-refractivity contribution in [3.8, 4) is 0 Å². The Morgan fingerprint density at radius 2 is 1.90 bits per heavy atom. The van der Waals surface area contributed by atoms with Gasteiger partial charge < -0.3 is 4.43 Å². The first-order valence-corrected chi connectivity index (χ1v) is 11.7. The van der Waals surface area contributed by atoms with Gasteiger partial charge >= 0.3 is 0 Å². The van der Waals surface area contributed by atoms with Crippen molar-refractivity contribution in [2.24, 2.45) is 16.3 Å². The third-order valence-corrected chi connectivity index (χ3v) is 5.23. The second-order valence-corrected chi connectivity index (χ2v) is 12.8. The maximum atomic E-state index is 6.16. The van der Waals surface area contributed by atoms with Gasteiger partial charge in [0.2, 0.25) is 0 Å². The first-order chi connectivity index (χ1) is 9.13. The van der Waals surface area contributed by atoms with Crippen LogP contribution in [0.5, 0.6) is 0 Å². The zero-order chi connectivity index (χ0) is 15.4. The molecule has 2 atom stereocenters. The number of aliphatic imine (C=N–C) groups is 1. The minimum atomic E-state index is -1.46. The van der Waals surface area contributed by atoms with Gasteiger partial charge in [-0.15, -0.1) is 0 Å². The quantitative estimate of drug-likeness (QED) is 0.631. The van der Waals surface area contributed by atoms with Crippen molar-refractivity contribution in [3.63, 3.8) is 0 Å². The van der Waals surface area contributed by atoms with Crippen LogP contribution in [0.2, 0.25) is 19.6 Å². The monoisotopic (exact) mass is 297 g/mol. The highest BCUT2D eigenvalue weighted by atomic mass is 28.4. The summed E-state index contributed by atoms with van der Waals surface area (Å²) < 4.78 is 6.16. The van der Waals surface area contributed by atoms with Crippen LogP contribution in [0, 0.1) is 11.3 Å². The van der Waals surface area contributed by atoms with Gasteiger partial charge in [-0.25, -0.2) is 0 Å². The van der Waals surface area contributed by atoms with E-state index in [-0.39, 0.29) is 5.41 Å². The fourth-order valence-corrected chi connectivity index (χ4v) is 3.35. The Morgan fingerprint density at radius 1 is 1.25 bits per heavy atom. The van der Waals surface area contributed by atoms with Crippen molar-refractivity contribution < 1.29 is 4.43 Å². The topological polar surface area (TPSA) is 21.6 Å². The molecule has 0 aromatic carbocycles. The molecule has 1 fully saturated rings. The third-order valence-electron chi connectivity index (χ3n) is 4.20. The van der Waals surface area contributed by atoms with E-state index < -0.39 is 8.32 Å². The molecule has 118 valence electrons. The molecule has 0 heterocycles. The average Bonchev–Trinajstić information content (AvgIpc) is 2.32. The average molecular weight is 298 g/mol. The number of rotatable bonds is 5. The maximum Gasteiger partial charge on any atom is 0.183 e. The Bertz CT molecular complexity index is 325. The lowest BCUT2D eigenvalue weighted by molar-refractivity contribution is 0.201. The molecule has 0 bridgehead atoms. The van der Waals surface area contributed by atoms with Crippen LogP contribution in [0.15, 0.2) is 4.99 Å². The van der Waals surface area contributed by atoms with Crippen LogP contribution in [0.4, 0.5) is 0 Å². The maximum absolute atomic E-state index is 6.16. The molecule has 0 N–H and O–H groups in total. The van der Waals surface area contributed by atoms with Gasteiger partial charge in [0.05, 0.1) is 12.6 Å². The van der Waals surface area contributed by atoms with Gasteiger partial charge in [0, 0.05) is 5.71 Å². The number of hydrogen-bond donors (Lipinski definition) is 0. The SMILES string of the molecule is CC[C@@H]1CCCCC1=N[C@H](CO[Si](C)(C)C)C(C)(C)C. The smallest absolute Gasteiger partial charge is 0.183 e. The highest BCUT2D eigenvalue weighted by Gasteiger charge is 2.29. The van der Waals surface area contributed by atoms with Crippen molar-refractivity contribution in [1.29, 1.82) is 0 Å². The molecule has 0 spiro atoms. The molecular weight excluding hydrogens is 262 g/mol. The highest BCUT2D eigenvalue weighted by molar-refractivity contribution is 6.69. The first kappa shape index (κ1) is 17.9. The molecule has 0 aromatic heterocycles. The normalized spacial score (nSPS) is 24.9. The van der Waals surface area contributed by atoms with Crippen molar-refractivity contribution in [2.75, 3.05) is 6.61 Å². The summed E-state index contributed by atoms with van der Waals surface area (Å²) in [5.41, 5.74) is 1.65. The molecule has 0 amide bonds. The molecule has 1 saturated carbocycles. The standard InChI is InChI=1S/C17H35NOSi/c1-8-14-11-9-10-12-15(14)18-16(17(2,3)4)13-19-20(5,6)7/h14,16H,8-13H2,1-7H3/t14-,16-/m1/s1. The van der Waals surface area contributed by atoms with E-state index in [1.165, 1.54) is 37.8 Å². The van der Waals surface area contributed by atoms with E-state index in [0.29, 0.717) is 6.04 Å². The largest absolute Gasteiger partial charge is 0.415 e. The van der Waals surface area contributed by atoms with Crippen molar-refractivity contribution in [3.05, 3.63) is 0 Å². The molecule has 0 radical (unpaired) electrons. The lowest BCUT2D eigenvalue weighted by Crippen LogP contribution is -2.37. The van der Waals surface area contributed by atoms with E-state index in [9.17, 15) is 0 Å². The fraction of sp³-hybridized carbons (Fsp3) is 0.941. The van der Waals surface area contributed by atoms with Gasteiger partial charge in [-0.1, -0.05) is 34.1 Å². The molecule has 2 nitrogen and oxygen atoms in total. The Kier molecular flexibility index (Phi) is 6.46. The summed E-state index contributed by atoms with van der Waals surface area (Å²) >= 11 is 0. The molecule has 1 rings (SSSR count). The zero-order valence-corrected chi connectivity index (χ0v) is 15.8. The Balaban J connectivity index is 2.82. The molecule has 0 saturated heterocycles. The van der Waals surface area contributed by atoms with Crippen LogP contribution in [-0.2, 0) is 4.43 Å². The molecule has 0 aliphatic heterocycles. The Hall–Kier alpha value is -0.153. The van der Waals surface area contributed by atoms with Crippen molar-refractivity contribution in [1.82, 2.24) is 0 Å². The molecule has 3 heteroatoms. The van der Waals surface area contributed by atoms with Gasteiger partial charge in [-0.05, 0) is 56.7 Å². The molecule has 20 heavy (non-hydrogen) atoms. The summed E-state index contributed by atoms with van der Waals surface area (Å²) in [5, 5.41) is 0. The van der Waals surface area contributed by atoms with Crippen LogP contribution in [-0.4, -0.2) is 26.7 Å².